The Morgan fingerprint density at radius 2 is 1.81 bits per heavy atom. The number of nitrogens with two attached hydrogens (primary N) is 1. The number of rotatable bonds is 3. The van der Waals surface area contributed by atoms with Gasteiger partial charge in [0.15, 0.2) is 8.32 Å². The van der Waals surface area contributed by atoms with E-state index in [0.29, 0.717) is 6.42 Å². The molecule has 1 amide bonds. The van der Waals surface area contributed by atoms with Crippen molar-refractivity contribution in [2.45, 2.75) is 57.5 Å². The van der Waals surface area contributed by atoms with Crippen molar-refractivity contribution in [3.05, 3.63) is 35.9 Å². The second-order valence-corrected chi connectivity index (χ2v) is 12.0. The van der Waals surface area contributed by atoms with Crippen molar-refractivity contribution in [2.24, 2.45) is 5.84 Å². The quantitative estimate of drug-likeness (QED) is 0.530. The molecule has 2 N–H and O–H groups in total. The van der Waals surface area contributed by atoms with Crippen molar-refractivity contribution in [3.63, 3.8) is 0 Å². The van der Waals surface area contributed by atoms with Gasteiger partial charge in [0.05, 0.1) is 6.04 Å². The summed E-state index contributed by atoms with van der Waals surface area (Å²) in [6.07, 6.45) is 0.215. The maximum Gasteiger partial charge on any atom is 0.265 e. The van der Waals surface area contributed by atoms with E-state index < -0.39 is 14.4 Å². The molecule has 1 aliphatic rings. The van der Waals surface area contributed by atoms with Gasteiger partial charge in [0.25, 0.3) is 5.91 Å². The molecule has 1 saturated heterocycles. The summed E-state index contributed by atoms with van der Waals surface area (Å²) in [5, 5.41) is 1.42. The Morgan fingerprint density at radius 1 is 1.24 bits per heavy atom. The average Bonchev–Trinajstić information content (AvgIpc) is 2.66. The first-order valence-electron chi connectivity index (χ1n) is 7.44. The van der Waals surface area contributed by atoms with E-state index in [1.54, 1.807) is 0 Å². The van der Waals surface area contributed by atoms with Gasteiger partial charge in [-0.05, 0) is 23.7 Å². The smallest absolute Gasteiger partial charge is 0.265 e. The van der Waals surface area contributed by atoms with Crippen molar-refractivity contribution >= 4 is 14.2 Å². The summed E-state index contributed by atoms with van der Waals surface area (Å²) >= 11 is 0. The lowest BCUT2D eigenvalue weighted by atomic mass is 10.0. The number of nitrogens with zero attached hydrogens (tertiary/aromatic N) is 1. The van der Waals surface area contributed by atoms with Gasteiger partial charge in [-0.15, -0.1) is 0 Å². The van der Waals surface area contributed by atoms with Gasteiger partial charge in [0.1, 0.15) is 6.10 Å². The lowest BCUT2D eigenvalue weighted by molar-refractivity contribution is -0.135. The standard InChI is InChI=1S/C16H26N2O2Si/c1-16(2,3)21(4,5)20-14-11-13(18(17)15(14)19)12-9-7-6-8-10-12/h6-10,13-14H,11,17H2,1-5H3/t13-,14+/m1/s1. The highest BCUT2D eigenvalue weighted by atomic mass is 28.4. The van der Waals surface area contributed by atoms with Crippen LogP contribution in [0.2, 0.25) is 18.1 Å². The number of amides is 1. The van der Waals surface area contributed by atoms with Gasteiger partial charge in [0.2, 0.25) is 0 Å². The van der Waals surface area contributed by atoms with Crippen LogP contribution in [0.4, 0.5) is 0 Å². The molecule has 0 saturated carbocycles. The van der Waals surface area contributed by atoms with Crippen LogP contribution in [0.25, 0.3) is 0 Å². The van der Waals surface area contributed by atoms with Crippen LogP contribution in [0.1, 0.15) is 38.8 Å². The lowest BCUT2D eigenvalue weighted by Gasteiger charge is -2.37. The van der Waals surface area contributed by atoms with Crippen molar-refractivity contribution < 1.29 is 9.22 Å². The number of hydrogen-bond acceptors (Lipinski definition) is 3. The second-order valence-electron chi connectivity index (χ2n) is 7.27. The predicted molar refractivity (Wildman–Crippen MR) is 86.9 cm³/mol. The fourth-order valence-corrected chi connectivity index (χ4v) is 3.60. The van der Waals surface area contributed by atoms with Crippen molar-refractivity contribution in [1.29, 1.82) is 0 Å². The van der Waals surface area contributed by atoms with E-state index in [2.05, 4.69) is 33.9 Å². The van der Waals surface area contributed by atoms with Crippen molar-refractivity contribution in [2.75, 3.05) is 0 Å². The Hall–Kier alpha value is -1.17. The van der Waals surface area contributed by atoms with Gasteiger partial charge >= 0.3 is 0 Å². The van der Waals surface area contributed by atoms with Gasteiger partial charge in [-0.2, -0.15) is 0 Å². The first-order chi connectivity index (χ1) is 9.63. The number of benzene rings is 1. The topological polar surface area (TPSA) is 55.6 Å². The van der Waals surface area contributed by atoms with E-state index in [9.17, 15) is 4.79 Å². The first kappa shape index (κ1) is 16.2. The highest BCUT2D eigenvalue weighted by molar-refractivity contribution is 6.74. The molecule has 1 fully saturated rings. The van der Waals surface area contributed by atoms with Crippen LogP contribution in [0.5, 0.6) is 0 Å². The van der Waals surface area contributed by atoms with E-state index in [4.69, 9.17) is 10.3 Å². The molecule has 1 aliphatic heterocycles. The lowest BCUT2D eigenvalue weighted by Crippen LogP contribution is -2.46. The average molecular weight is 306 g/mol. The first-order valence-corrected chi connectivity index (χ1v) is 10.3. The maximum atomic E-state index is 12.4. The molecule has 4 nitrogen and oxygen atoms in total. The molecule has 1 aromatic rings. The van der Waals surface area contributed by atoms with E-state index >= 15 is 0 Å². The van der Waals surface area contributed by atoms with E-state index in [1.165, 1.54) is 5.01 Å². The molecule has 0 unspecified atom stereocenters. The number of hydrazine groups is 1. The third-order valence-electron chi connectivity index (χ3n) is 4.73. The summed E-state index contributed by atoms with van der Waals surface area (Å²) in [5.74, 6) is 5.89. The number of carbonyl (C=O) groups excluding carboxylic acids is 1. The minimum Gasteiger partial charge on any atom is -0.405 e. The van der Waals surface area contributed by atoms with Gasteiger partial charge in [-0.25, -0.2) is 5.84 Å². The predicted octanol–water partition coefficient (Wildman–Crippen LogP) is 3.22. The SMILES string of the molecule is CC(C)(C)[Si](C)(C)O[C@H]1C[C@H](c2ccccc2)N(N)C1=O. The van der Waals surface area contributed by atoms with Crippen molar-refractivity contribution in [1.82, 2.24) is 5.01 Å². The zero-order valence-electron chi connectivity index (χ0n) is 13.6. The van der Waals surface area contributed by atoms with Crippen LogP contribution >= 0.6 is 0 Å². The Labute approximate surface area is 128 Å². The maximum absolute atomic E-state index is 12.4. The fraction of sp³-hybridized carbons (Fsp3) is 0.562. The molecule has 2 rings (SSSR count). The molecule has 0 spiro atoms. The third kappa shape index (κ3) is 3.20. The summed E-state index contributed by atoms with van der Waals surface area (Å²) in [6.45, 7) is 10.8. The molecule has 1 aromatic carbocycles. The van der Waals surface area contributed by atoms with Crippen molar-refractivity contribution in [3.8, 4) is 0 Å². The number of hydrogen-bond donors (Lipinski definition) is 1. The summed E-state index contributed by atoms with van der Waals surface area (Å²) < 4.78 is 6.27. The van der Waals surface area contributed by atoms with Crippen LogP contribution in [0.3, 0.4) is 0 Å². The van der Waals surface area contributed by atoms with Crippen LogP contribution in [-0.4, -0.2) is 25.3 Å². The van der Waals surface area contributed by atoms with Gasteiger partial charge in [-0.1, -0.05) is 51.1 Å². The van der Waals surface area contributed by atoms with E-state index in [1.807, 2.05) is 30.3 Å². The zero-order valence-corrected chi connectivity index (χ0v) is 14.6. The van der Waals surface area contributed by atoms with Crippen LogP contribution < -0.4 is 5.84 Å². The molecule has 0 aromatic heterocycles. The normalized spacial score (nSPS) is 23.7. The zero-order chi connectivity index (χ0) is 15.8. The fourth-order valence-electron chi connectivity index (χ4n) is 2.34. The number of carbonyl (C=O) groups is 1. The molecule has 1 heterocycles. The summed E-state index contributed by atoms with van der Waals surface area (Å²) in [6, 6.07) is 9.82. The molecule has 0 aliphatic carbocycles. The van der Waals surface area contributed by atoms with Gasteiger partial charge < -0.3 is 4.43 Å². The molecule has 116 valence electrons. The molecule has 0 bridgehead atoms. The molecular weight excluding hydrogens is 280 g/mol. The molecular formula is C16H26N2O2Si. The molecule has 2 atom stereocenters. The Morgan fingerprint density at radius 3 is 2.33 bits per heavy atom. The third-order valence-corrected chi connectivity index (χ3v) is 9.22. The van der Waals surface area contributed by atoms with Crippen LogP contribution in [-0.2, 0) is 9.22 Å². The van der Waals surface area contributed by atoms with Gasteiger partial charge in [0, 0.05) is 6.42 Å². The molecule has 21 heavy (non-hydrogen) atoms. The van der Waals surface area contributed by atoms with E-state index in [0.717, 1.165) is 5.56 Å². The summed E-state index contributed by atoms with van der Waals surface area (Å²) in [4.78, 5) is 12.4. The highest BCUT2D eigenvalue weighted by Crippen LogP contribution is 2.40. The van der Waals surface area contributed by atoms with E-state index in [-0.39, 0.29) is 17.0 Å². The van der Waals surface area contributed by atoms with Gasteiger partial charge in [-0.3, -0.25) is 9.80 Å². The Bertz CT molecular complexity index is 511. The highest BCUT2D eigenvalue weighted by Gasteiger charge is 2.46. The summed E-state index contributed by atoms with van der Waals surface area (Å²) in [7, 11) is -1.97. The minimum absolute atomic E-state index is 0.0809. The Kier molecular flexibility index (Phi) is 4.28. The Balaban J connectivity index is 2.16. The van der Waals surface area contributed by atoms with Crippen LogP contribution in [0.15, 0.2) is 30.3 Å². The molecule has 5 heteroatoms. The minimum atomic E-state index is -1.97. The summed E-state index contributed by atoms with van der Waals surface area (Å²) in [5.41, 5.74) is 1.06. The largest absolute Gasteiger partial charge is 0.405 e. The van der Waals surface area contributed by atoms with Crippen LogP contribution in [0, 0.1) is 0 Å². The monoisotopic (exact) mass is 306 g/mol. The molecule has 0 radical (unpaired) electrons. The second kappa shape index (κ2) is 5.55.